The molecule has 3 nitrogen and oxygen atoms in total. The molecular weight excluding hydrogens is 244 g/mol. The highest BCUT2D eigenvalue weighted by Crippen LogP contribution is 2.31. The van der Waals surface area contributed by atoms with Crippen molar-refractivity contribution in [2.45, 2.75) is 58.0 Å². The summed E-state index contributed by atoms with van der Waals surface area (Å²) in [6, 6.07) is 0. The fourth-order valence-electron chi connectivity index (χ4n) is 2.58. The number of hydrogen-bond donors (Lipinski definition) is 2. The highest BCUT2D eigenvalue weighted by Gasteiger charge is 2.33. The number of thiazole rings is 1. The summed E-state index contributed by atoms with van der Waals surface area (Å²) in [6.07, 6.45) is 5.59. The first kappa shape index (κ1) is 14.0. The van der Waals surface area contributed by atoms with Crippen LogP contribution in [-0.4, -0.2) is 22.2 Å². The summed E-state index contributed by atoms with van der Waals surface area (Å²) in [5.74, 6) is 0.803. The zero-order chi connectivity index (χ0) is 13.0. The van der Waals surface area contributed by atoms with Crippen LogP contribution in [0, 0.1) is 5.92 Å². The van der Waals surface area contributed by atoms with Crippen molar-refractivity contribution in [3.8, 4) is 0 Å². The minimum Gasteiger partial charge on any atom is -0.394 e. The molecule has 1 aliphatic carbocycles. The van der Waals surface area contributed by atoms with Gasteiger partial charge in [0.25, 0.3) is 0 Å². The van der Waals surface area contributed by atoms with Gasteiger partial charge < -0.3 is 10.4 Å². The molecule has 0 spiro atoms. The van der Waals surface area contributed by atoms with Crippen LogP contribution in [0.1, 0.15) is 50.2 Å². The third kappa shape index (κ3) is 3.31. The predicted octanol–water partition coefficient (Wildman–Crippen LogP) is 2.74. The number of aliphatic hydroxyl groups excluding tert-OH is 1. The van der Waals surface area contributed by atoms with Crippen molar-refractivity contribution in [1.29, 1.82) is 0 Å². The molecule has 1 fully saturated rings. The summed E-state index contributed by atoms with van der Waals surface area (Å²) in [6.45, 7) is 5.46. The Morgan fingerprint density at radius 3 is 2.78 bits per heavy atom. The summed E-state index contributed by atoms with van der Waals surface area (Å²) in [5.41, 5.74) is 1.05. The van der Waals surface area contributed by atoms with E-state index >= 15 is 0 Å². The third-order valence-electron chi connectivity index (χ3n) is 4.08. The van der Waals surface area contributed by atoms with Gasteiger partial charge in [0.1, 0.15) is 0 Å². The molecule has 1 aromatic heterocycles. The zero-order valence-electron chi connectivity index (χ0n) is 11.4. The molecule has 4 heteroatoms. The van der Waals surface area contributed by atoms with Crippen molar-refractivity contribution in [2.75, 3.05) is 6.61 Å². The first-order chi connectivity index (χ1) is 8.67. The summed E-state index contributed by atoms with van der Waals surface area (Å²) in [4.78, 5) is 4.57. The van der Waals surface area contributed by atoms with Gasteiger partial charge in [-0.3, -0.25) is 0 Å². The van der Waals surface area contributed by atoms with Crippen LogP contribution in [0.5, 0.6) is 0 Å². The third-order valence-corrected chi connectivity index (χ3v) is 5.12. The van der Waals surface area contributed by atoms with Gasteiger partial charge in [0.15, 0.2) is 0 Å². The first-order valence-corrected chi connectivity index (χ1v) is 7.84. The Morgan fingerprint density at radius 1 is 1.50 bits per heavy atom. The minimum atomic E-state index is -0.0670. The number of nitrogens with one attached hydrogen (secondary N) is 1. The lowest BCUT2D eigenvalue weighted by molar-refractivity contribution is 0.104. The van der Waals surface area contributed by atoms with Gasteiger partial charge in [0.2, 0.25) is 0 Å². The Morgan fingerprint density at radius 2 is 2.22 bits per heavy atom. The molecule has 1 aliphatic rings. The van der Waals surface area contributed by atoms with Gasteiger partial charge >= 0.3 is 0 Å². The molecule has 1 saturated carbocycles. The molecule has 0 atom stereocenters. The topological polar surface area (TPSA) is 45.2 Å². The smallest absolute Gasteiger partial charge is 0.0926 e. The number of aromatic nitrogens is 1. The van der Waals surface area contributed by atoms with Crippen molar-refractivity contribution in [1.82, 2.24) is 10.3 Å². The second kappa shape index (κ2) is 6.13. The Kier molecular flexibility index (Phi) is 4.76. The maximum atomic E-state index is 9.68. The molecule has 0 amide bonds. The SMILES string of the molecule is CCc1nc(CNC2(CO)CCC(C)CC2)cs1. The van der Waals surface area contributed by atoms with Crippen LogP contribution in [-0.2, 0) is 13.0 Å². The second-order valence-electron chi connectivity index (χ2n) is 5.56. The molecule has 0 radical (unpaired) electrons. The van der Waals surface area contributed by atoms with E-state index in [1.54, 1.807) is 11.3 Å². The highest BCUT2D eigenvalue weighted by atomic mass is 32.1. The van der Waals surface area contributed by atoms with Gasteiger partial charge in [0.05, 0.1) is 17.3 Å². The molecule has 18 heavy (non-hydrogen) atoms. The molecule has 0 unspecified atom stereocenters. The number of hydrogen-bond acceptors (Lipinski definition) is 4. The van der Waals surface area contributed by atoms with E-state index in [0.717, 1.165) is 37.4 Å². The monoisotopic (exact) mass is 268 g/mol. The Balaban J connectivity index is 1.90. The summed E-state index contributed by atoms with van der Waals surface area (Å²) in [5, 5.41) is 16.6. The lowest BCUT2D eigenvalue weighted by atomic mass is 9.77. The van der Waals surface area contributed by atoms with E-state index in [4.69, 9.17) is 0 Å². The largest absolute Gasteiger partial charge is 0.394 e. The van der Waals surface area contributed by atoms with Gasteiger partial charge in [-0.25, -0.2) is 4.98 Å². The first-order valence-electron chi connectivity index (χ1n) is 6.96. The van der Waals surface area contributed by atoms with Crippen molar-refractivity contribution in [3.05, 3.63) is 16.1 Å². The minimum absolute atomic E-state index is 0.0670. The van der Waals surface area contributed by atoms with Crippen LogP contribution in [0.25, 0.3) is 0 Å². The van der Waals surface area contributed by atoms with E-state index in [9.17, 15) is 5.11 Å². The maximum absolute atomic E-state index is 9.68. The molecule has 1 aromatic rings. The normalized spacial score (nSPS) is 28.5. The second-order valence-corrected chi connectivity index (χ2v) is 6.50. The van der Waals surface area contributed by atoms with Gasteiger partial charge in [-0.2, -0.15) is 0 Å². The van der Waals surface area contributed by atoms with E-state index in [1.807, 2.05) is 0 Å². The van der Waals surface area contributed by atoms with Crippen LogP contribution >= 0.6 is 11.3 Å². The number of nitrogens with zero attached hydrogens (tertiary/aromatic N) is 1. The van der Waals surface area contributed by atoms with Crippen LogP contribution in [0.4, 0.5) is 0 Å². The average Bonchev–Trinajstić information content (AvgIpc) is 2.87. The zero-order valence-corrected chi connectivity index (χ0v) is 12.2. The highest BCUT2D eigenvalue weighted by molar-refractivity contribution is 7.09. The maximum Gasteiger partial charge on any atom is 0.0926 e. The van der Waals surface area contributed by atoms with Gasteiger partial charge in [-0.15, -0.1) is 11.3 Å². The van der Waals surface area contributed by atoms with E-state index < -0.39 is 0 Å². The number of rotatable bonds is 5. The van der Waals surface area contributed by atoms with Crippen LogP contribution in [0.2, 0.25) is 0 Å². The van der Waals surface area contributed by atoms with Gasteiger partial charge in [0, 0.05) is 17.5 Å². The molecule has 0 bridgehead atoms. The van der Waals surface area contributed by atoms with E-state index in [0.29, 0.717) is 0 Å². The molecule has 2 N–H and O–H groups in total. The summed E-state index contributed by atoms with van der Waals surface area (Å²) >= 11 is 1.73. The molecule has 0 aliphatic heterocycles. The van der Waals surface area contributed by atoms with E-state index in [1.165, 1.54) is 17.8 Å². The average molecular weight is 268 g/mol. The van der Waals surface area contributed by atoms with Crippen molar-refractivity contribution in [2.24, 2.45) is 5.92 Å². The molecule has 0 saturated heterocycles. The molecule has 102 valence electrons. The summed E-state index contributed by atoms with van der Waals surface area (Å²) in [7, 11) is 0. The van der Waals surface area contributed by atoms with Gasteiger partial charge in [-0.1, -0.05) is 13.8 Å². The Bertz CT molecular complexity index is 370. The van der Waals surface area contributed by atoms with Crippen molar-refractivity contribution >= 4 is 11.3 Å². The lowest BCUT2D eigenvalue weighted by Crippen LogP contribution is -2.50. The van der Waals surface area contributed by atoms with Gasteiger partial charge in [-0.05, 0) is 38.0 Å². The Hall–Kier alpha value is -0.450. The van der Waals surface area contributed by atoms with E-state index in [-0.39, 0.29) is 12.1 Å². The molecule has 2 rings (SSSR count). The van der Waals surface area contributed by atoms with Crippen molar-refractivity contribution < 1.29 is 5.11 Å². The quantitative estimate of drug-likeness (QED) is 0.863. The summed E-state index contributed by atoms with van der Waals surface area (Å²) < 4.78 is 0. The van der Waals surface area contributed by atoms with Crippen LogP contribution < -0.4 is 5.32 Å². The number of aliphatic hydroxyl groups is 1. The standard InChI is InChI=1S/C14H24N2OS/c1-3-13-16-12(9-18-13)8-15-14(10-17)6-4-11(2)5-7-14/h9,11,15,17H,3-8,10H2,1-2H3. The van der Waals surface area contributed by atoms with Crippen LogP contribution in [0.15, 0.2) is 5.38 Å². The lowest BCUT2D eigenvalue weighted by Gasteiger charge is -2.38. The molecular formula is C14H24N2OS. The Labute approximate surface area is 114 Å². The predicted molar refractivity (Wildman–Crippen MR) is 75.8 cm³/mol. The molecule has 1 heterocycles. The molecule has 0 aromatic carbocycles. The van der Waals surface area contributed by atoms with Crippen LogP contribution in [0.3, 0.4) is 0 Å². The fraction of sp³-hybridized carbons (Fsp3) is 0.786. The number of aryl methyl sites for hydroxylation is 1. The van der Waals surface area contributed by atoms with E-state index in [2.05, 4.69) is 29.5 Å². The van der Waals surface area contributed by atoms with Crippen molar-refractivity contribution in [3.63, 3.8) is 0 Å². The fourth-order valence-corrected chi connectivity index (χ4v) is 3.32.